The summed E-state index contributed by atoms with van der Waals surface area (Å²) < 4.78 is 16.8. The van der Waals surface area contributed by atoms with E-state index in [0.29, 0.717) is 19.3 Å². The van der Waals surface area contributed by atoms with Gasteiger partial charge in [-0.2, -0.15) is 0 Å². The Hall–Kier alpha value is -3.41. The largest absolute Gasteiger partial charge is 0.462 e. The Morgan fingerprint density at radius 1 is 0.328 bits per heavy atom. The van der Waals surface area contributed by atoms with Crippen LogP contribution in [0.2, 0.25) is 0 Å². The highest BCUT2D eigenvalue weighted by atomic mass is 16.6. The first-order chi connectivity index (χ1) is 31.5. The van der Waals surface area contributed by atoms with E-state index in [1.54, 1.807) is 0 Å². The second-order valence-electron chi connectivity index (χ2n) is 17.4. The maximum absolute atomic E-state index is 12.8. The Kier molecular flexibility index (Phi) is 49.4. The van der Waals surface area contributed by atoms with Gasteiger partial charge in [0.15, 0.2) is 6.10 Å². The smallest absolute Gasteiger partial charge is 0.306 e. The van der Waals surface area contributed by atoms with E-state index in [1.807, 2.05) is 0 Å². The molecule has 0 N–H and O–H groups in total. The molecule has 0 bridgehead atoms. The third kappa shape index (κ3) is 49.6. The second-order valence-corrected chi connectivity index (χ2v) is 17.4. The molecule has 0 aromatic heterocycles. The van der Waals surface area contributed by atoms with Crippen molar-refractivity contribution in [2.45, 2.75) is 252 Å². The first-order valence-corrected chi connectivity index (χ1v) is 26.6. The van der Waals surface area contributed by atoms with Crippen LogP contribution in [0, 0.1) is 0 Å². The second kappa shape index (κ2) is 52.2. The molecule has 0 aliphatic carbocycles. The highest BCUT2D eigenvalue weighted by Gasteiger charge is 2.19. The first-order valence-electron chi connectivity index (χ1n) is 26.6. The lowest BCUT2D eigenvalue weighted by molar-refractivity contribution is -0.167. The van der Waals surface area contributed by atoms with E-state index in [9.17, 15) is 14.4 Å². The molecular weight excluding hydrogens is 793 g/mol. The molecule has 0 amide bonds. The molecule has 0 fully saturated rings. The molecule has 0 heterocycles. The van der Waals surface area contributed by atoms with Crippen molar-refractivity contribution in [1.82, 2.24) is 0 Å². The van der Waals surface area contributed by atoms with Crippen molar-refractivity contribution < 1.29 is 28.6 Å². The van der Waals surface area contributed by atoms with Crippen LogP contribution < -0.4 is 0 Å². The van der Waals surface area contributed by atoms with Gasteiger partial charge >= 0.3 is 17.9 Å². The standard InChI is InChI=1S/C58H98O6/c1-4-7-10-13-16-19-22-25-26-27-28-29-30-31-32-34-36-39-42-45-48-51-57(60)63-54-55(53-62-56(59)50-47-44-41-38-35-24-21-18-15-12-9-6-3)64-58(61)52-49-46-43-40-37-33-23-20-17-14-11-8-5-2/h7,10-11,14,16,19-20,23,25-26,28-29,31-32,55H,4-6,8-9,12-13,15,17-18,21-22,24,27,30,33-54H2,1-3H3/b10-7-,14-11-,19-16-,23-20-,26-25-,29-28-,32-31-. The van der Waals surface area contributed by atoms with E-state index in [1.165, 1.54) is 64.2 Å². The fourth-order valence-corrected chi connectivity index (χ4v) is 7.15. The zero-order valence-electron chi connectivity index (χ0n) is 41.8. The summed E-state index contributed by atoms with van der Waals surface area (Å²) in [7, 11) is 0. The van der Waals surface area contributed by atoms with Crippen molar-refractivity contribution >= 4 is 17.9 Å². The minimum atomic E-state index is -0.790. The number of hydrogen-bond acceptors (Lipinski definition) is 6. The van der Waals surface area contributed by atoms with Crippen LogP contribution in [0.4, 0.5) is 0 Å². The first kappa shape index (κ1) is 60.6. The van der Waals surface area contributed by atoms with Gasteiger partial charge in [0, 0.05) is 19.3 Å². The monoisotopic (exact) mass is 891 g/mol. The van der Waals surface area contributed by atoms with Gasteiger partial charge in [-0.1, -0.05) is 221 Å². The molecule has 0 rings (SSSR count). The Morgan fingerprint density at radius 2 is 0.641 bits per heavy atom. The van der Waals surface area contributed by atoms with Gasteiger partial charge in [0.25, 0.3) is 0 Å². The SMILES string of the molecule is CC/C=C\C/C=C\C/C=C\C/C=C\C/C=C\CCCCCCCC(=O)OCC(COC(=O)CCCCCCCCCCCCCC)OC(=O)CCCCCCC/C=C\C/C=C\CCC. The van der Waals surface area contributed by atoms with E-state index in [-0.39, 0.29) is 31.1 Å². The van der Waals surface area contributed by atoms with Crippen molar-refractivity contribution in [2.24, 2.45) is 0 Å². The molecule has 0 spiro atoms. The van der Waals surface area contributed by atoms with E-state index < -0.39 is 6.10 Å². The summed E-state index contributed by atoms with van der Waals surface area (Å²) in [4.78, 5) is 38.0. The van der Waals surface area contributed by atoms with Crippen molar-refractivity contribution in [1.29, 1.82) is 0 Å². The number of carbonyl (C=O) groups excluding carboxylic acids is 3. The van der Waals surface area contributed by atoms with Crippen molar-refractivity contribution in [3.63, 3.8) is 0 Å². The van der Waals surface area contributed by atoms with E-state index in [2.05, 4.69) is 106 Å². The zero-order valence-corrected chi connectivity index (χ0v) is 41.8. The van der Waals surface area contributed by atoms with Crippen LogP contribution in [0.25, 0.3) is 0 Å². The number of hydrogen-bond donors (Lipinski definition) is 0. The molecule has 6 nitrogen and oxygen atoms in total. The van der Waals surface area contributed by atoms with E-state index >= 15 is 0 Å². The molecule has 0 saturated carbocycles. The minimum Gasteiger partial charge on any atom is -0.462 e. The summed E-state index contributed by atoms with van der Waals surface area (Å²) in [5.74, 6) is -0.921. The van der Waals surface area contributed by atoms with Crippen molar-refractivity contribution in [3.8, 4) is 0 Å². The Morgan fingerprint density at radius 3 is 1.02 bits per heavy atom. The highest BCUT2D eigenvalue weighted by molar-refractivity contribution is 5.71. The molecule has 0 saturated heterocycles. The maximum atomic E-state index is 12.8. The molecule has 64 heavy (non-hydrogen) atoms. The van der Waals surface area contributed by atoms with Crippen LogP contribution in [0.5, 0.6) is 0 Å². The lowest BCUT2D eigenvalue weighted by Crippen LogP contribution is -2.30. The normalized spacial score (nSPS) is 12.7. The average molecular weight is 891 g/mol. The molecule has 366 valence electrons. The van der Waals surface area contributed by atoms with Gasteiger partial charge in [-0.15, -0.1) is 0 Å². The topological polar surface area (TPSA) is 78.9 Å². The fourth-order valence-electron chi connectivity index (χ4n) is 7.15. The van der Waals surface area contributed by atoms with Crippen LogP contribution in [0.15, 0.2) is 85.1 Å². The third-order valence-corrected chi connectivity index (χ3v) is 11.1. The summed E-state index contributed by atoms with van der Waals surface area (Å²) in [6, 6.07) is 0. The summed E-state index contributed by atoms with van der Waals surface area (Å²) in [6.07, 6.45) is 67.1. The molecule has 1 atom stereocenters. The van der Waals surface area contributed by atoms with Crippen LogP contribution >= 0.6 is 0 Å². The number of ether oxygens (including phenoxy) is 3. The predicted octanol–water partition coefficient (Wildman–Crippen LogP) is 17.6. The molecule has 0 aromatic carbocycles. The van der Waals surface area contributed by atoms with Crippen LogP contribution in [0.1, 0.15) is 245 Å². The van der Waals surface area contributed by atoms with Gasteiger partial charge < -0.3 is 14.2 Å². The Bertz CT molecular complexity index is 1250. The number of allylic oxidation sites excluding steroid dienone is 14. The molecule has 0 radical (unpaired) electrons. The molecular formula is C58H98O6. The minimum absolute atomic E-state index is 0.0874. The predicted molar refractivity (Wildman–Crippen MR) is 274 cm³/mol. The van der Waals surface area contributed by atoms with Crippen LogP contribution in [0.3, 0.4) is 0 Å². The van der Waals surface area contributed by atoms with Crippen LogP contribution in [-0.2, 0) is 28.6 Å². The van der Waals surface area contributed by atoms with Crippen molar-refractivity contribution in [3.05, 3.63) is 85.1 Å². The Balaban J connectivity index is 4.39. The molecule has 0 aliphatic heterocycles. The molecule has 1 unspecified atom stereocenters. The number of esters is 3. The molecule has 0 aliphatic rings. The van der Waals surface area contributed by atoms with Gasteiger partial charge in [0.05, 0.1) is 0 Å². The molecule has 0 aromatic rings. The summed E-state index contributed by atoms with van der Waals surface area (Å²) >= 11 is 0. The lowest BCUT2D eigenvalue weighted by Gasteiger charge is -2.18. The lowest BCUT2D eigenvalue weighted by atomic mass is 10.0. The fraction of sp³-hybridized carbons (Fsp3) is 0.707. The summed E-state index contributed by atoms with van der Waals surface area (Å²) in [5, 5.41) is 0. The maximum Gasteiger partial charge on any atom is 0.306 e. The number of carbonyl (C=O) groups is 3. The van der Waals surface area contributed by atoms with Gasteiger partial charge in [-0.3, -0.25) is 14.4 Å². The quantitative estimate of drug-likeness (QED) is 0.0262. The average Bonchev–Trinajstić information content (AvgIpc) is 3.29. The third-order valence-electron chi connectivity index (χ3n) is 11.1. The van der Waals surface area contributed by atoms with Crippen LogP contribution in [-0.4, -0.2) is 37.2 Å². The van der Waals surface area contributed by atoms with Gasteiger partial charge in [-0.25, -0.2) is 0 Å². The highest BCUT2D eigenvalue weighted by Crippen LogP contribution is 2.14. The van der Waals surface area contributed by atoms with Gasteiger partial charge in [-0.05, 0) is 89.9 Å². The number of rotatable bonds is 47. The van der Waals surface area contributed by atoms with Gasteiger partial charge in [0.1, 0.15) is 13.2 Å². The Labute approximate surface area is 395 Å². The summed E-state index contributed by atoms with van der Waals surface area (Å²) in [5.41, 5.74) is 0. The van der Waals surface area contributed by atoms with E-state index in [4.69, 9.17) is 14.2 Å². The summed E-state index contributed by atoms with van der Waals surface area (Å²) in [6.45, 7) is 6.43. The number of unbranched alkanes of at least 4 members (excludes halogenated alkanes) is 22. The van der Waals surface area contributed by atoms with E-state index in [0.717, 1.165) is 141 Å². The zero-order chi connectivity index (χ0) is 46.5. The molecule has 6 heteroatoms. The van der Waals surface area contributed by atoms with Crippen molar-refractivity contribution in [2.75, 3.05) is 13.2 Å². The van der Waals surface area contributed by atoms with Gasteiger partial charge in [0.2, 0.25) is 0 Å².